The van der Waals surface area contributed by atoms with E-state index in [-0.39, 0.29) is 36.4 Å². The van der Waals surface area contributed by atoms with Gasteiger partial charge in [0.25, 0.3) is 0 Å². The van der Waals surface area contributed by atoms with Crippen molar-refractivity contribution in [3.05, 3.63) is 84.1 Å². The number of ether oxygens (including phenoxy) is 1. The largest absolute Gasteiger partial charge is 0.445 e. The maximum absolute atomic E-state index is 12.6. The highest BCUT2D eigenvalue weighted by Crippen LogP contribution is 2.62. The number of allylic oxidation sites excluding steroid dienone is 1. The van der Waals surface area contributed by atoms with E-state index in [1.807, 2.05) is 79.7 Å². The van der Waals surface area contributed by atoms with Gasteiger partial charge in [-0.15, -0.1) is 0 Å². The van der Waals surface area contributed by atoms with Crippen LogP contribution in [0.2, 0.25) is 0 Å². The van der Waals surface area contributed by atoms with E-state index in [0.717, 1.165) is 23.2 Å². The van der Waals surface area contributed by atoms with Gasteiger partial charge in [-0.25, -0.2) is 4.79 Å². The van der Waals surface area contributed by atoms with Crippen LogP contribution in [0, 0.1) is 11.3 Å². The first-order chi connectivity index (χ1) is 14.8. The van der Waals surface area contributed by atoms with E-state index in [1.165, 1.54) is 0 Å². The molecule has 0 aromatic heterocycles. The van der Waals surface area contributed by atoms with Gasteiger partial charge in [0.05, 0.1) is 6.04 Å². The highest BCUT2D eigenvalue weighted by molar-refractivity contribution is 5.82. The van der Waals surface area contributed by atoms with Crippen molar-refractivity contribution in [2.75, 3.05) is 20.6 Å². The van der Waals surface area contributed by atoms with E-state index < -0.39 is 6.09 Å². The smallest absolute Gasteiger partial charge is 0.407 e. The van der Waals surface area contributed by atoms with Crippen LogP contribution in [-0.4, -0.2) is 37.5 Å². The minimum Gasteiger partial charge on any atom is -0.445 e. The molecule has 164 valence electrons. The van der Waals surface area contributed by atoms with Crippen molar-refractivity contribution in [2.45, 2.75) is 26.0 Å². The first-order valence-corrected chi connectivity index (χ1v) is 10.5. The number of hydrogen-bond acceptors (Lipinski definition) is 4. The molecule has 3 atom stereocenters. The number of alkyl carbamates (subject to hydrolysis) is 1. The van der Waals surface area contributed by atoms with Gasteiger partial charge in [-0.05, 0) is 23.5 Å². The van der Waals surface area contributed by atoms with Crippen LogP contribution in [0.15, 0.2) is 72.9 Å². The van der Waals surface area contributed by atoms with Crippen LogP contribution in [0.5, 0.6) is 0 Å². The maximum atomic E-state index is 12.6. The van der Waals surface area contributed by atoms with E-state index in [1.54, 1.807) is 0 Å². The molecule has 1 saturated carbocycles. The molecule has 0 unspecified atom stereocenters. The van der Waals surface area contributed by atoms with Crippen molar-refractivity contribution in [3.8, 4) is 0 Å². The fraction of sp³-hybridized carbons (Fsp3) is 0.360. The quantitative estimate of drug-likeness (QED) is 0.645. The van der Waals surface area contributed by atoms with Gasteiger partial charge in [0, 0.05) is 25.2 Å². The predicted octanol–water partition coefficient (Wildman–Crippen LogP) is 3.87. The molecule has 0 spiro atoms. The van der Waals surface area contributed by atoms with Crippen molar-refractivity contribution in [1.29, 1.82) is 0 Å². The molecule has 0 radical (unpaired) electrons. The van der Waals surface area contributed by atoms with Gasteiger partial charge in [0.15, 0.2) is 0 Å². The highest BCUT2D eigenvalue weighted by Gasteiger charge is 2.56. The summed E-state index contributed by atoms with van der Waals surface area (Å²) >= 11 is 0. The molecule has 1 aliphatic rings. The van der Waals surface area contributed by atoms with Crippen LogP contribution in [-0.2, 0) is 16.1 Å². The normalized spacial score (nSPS) is 20.3. The van der Waals surface area contributed by atoms with Gasteiger partial charge >= 0.3 is 6.09 Å². The van der Waals surface area contributed by atoms with E-state index in [4.69, 9.17) is 4.74 Å². The van der Waals surface area contributed by atoms with Crippen molar-refractivity contribution < 1.29 is 14.3 Å². The zero-order valence-electron chi connectivity index (χ0n) is 18.4. The molecule has 2 N–H and O–H groups in total. The molecule has 0 bridgehead atoms. The van der Waals surface area contributed by atoms with Gasteiger partial charge < -0.3 is 20.3 Å². The second-order valence-electron chi connectivity index (χ2n) is 8.44. The molecule has 1 fully saturated rings. The van der Waals surface area contributed by atoms with E-state index in [2.05, 4.69) is 24.1 Å². The van der Waals surface area contributed by atoms with Crippen LogP contribution < -0.4 is 10.6 Å². The Labute approximate surface area is 184 Å². The number of hydrogen-bond donors (Lipinski definition) is 2. The fourth-order valence-electron chi connectivity index (χ4n) is 3.95. The second-order valence-corrected chi connectivity index (χ2v) is 8.44. The van der Waals surface area contributed by atoms with Gasteiger partial charge in [-0.3, -0.25) is 4.79 Å². The summed E-state index contributed by atoms with van der Waals surface area (Å²) in [5.74, 6) is -0.0194. The summed E-state index contributed by atoms with van der Waals surface area (Å²) in [7, 11) is 3.98. The van der Waals surface area contributed by atoms with Gasteiger partial charge in [0.1, 0.15) is 13.2 Å². The monoisotopic (exact) mass is 421 g/mol. The Morgan fingerprint density at radius 1 is 1.13 bits per heavy atom. The van der Waals surface area contributed by atoms with E-state index >= 15 is 0 Å². The summed E-state index contributed by atoms with van der Waals surface area (Å²) in [6.07, 6.45) is 0.323. The number of nitrogens with one attached hydrogen (secondary N) is 2. The average Bonchev–Trinajstić information content (AvgIpc) is 3.47. The minimum absolute atomic E-state index is 0.0701. The Morgan fingerprint density at radius 3 is 2.35 bits per heavy atom. The molecule has 1 aliphatic carbocycles. The topological polar surface area (TPSA) is 70.7 Å². The third-order valence-electron chi connectivity index (χ3n) is 5.98. The third-order valence-corrected chi connectivity index (χ3v) is 5.98. The molecule has 0 heterocycles. The SMILES string of the molecule is C=C(N(C)C)[C@]1(C)C[C@H]1[C@H](NC(=O)CNC(=O)OCc1ccccc1)c1ccccc1. The van der Waals surface area contributed by atoms with Crippen LogP contribution in [0.1, 0.15) is 30.5 Å². The lowest BCUT2D eigenvalue weighted by atomic mass is 9.93. The zero-order valence-corrected chi connectivity index (χ0v) is 18.4. The third kappa shape index (κ3) is 5.66. The average molecular weight is 422 g/mol. The Hall–Kier alpha value is -3.28. The standard InChI is InChI=1S/C25H31N3O3/c1-18(28(3)4)25(2)15-21(25)23(20-13-9-6-10-14-20)27-22(29)16-26-24(30)31-17-19-11-7-5-8-12-19/h5-14,21,23H,1,15-17H2,2-4H3,(H,26,30)(H,27,29)/t21-,23+,25-/m0/s1. The van der Waals surface area contributed by atoms with Gasteiger partial charge in [-0.1, -0.05) is 74.2 Å². The van der Waals surface area contributed by atoms with Crippen molar-refractivity contribution in [2.24, 2.45) is 11.3 Å². The molecule has 2 amide bonds. The minimum atomic E-state index is -0.618. The van der Waals surface area contributed by atoms with Crippen LogP contribution in [0.3, 0.4) is 0 Å². The summed E-state index contributed by atoms with van der Waals surface area (Å²) in [6.45, 7) is 6.44. The molecular formula is C25H31N3O3. The predicted molar refractivity (Wildman–Crippen MR) is 121 cm³/mol. The van der Waals surface area contributed by atoms with Crippen molar-refractivity contribution in [1.82, 2.24) is 15.5 Å². The van der Waals surface area contributed by atoms with E-state index in [9.17, 15) is 9.59 Å². The lowest BCUT2D eigenvalue weighted by Crippen LogP contribution is -2.40. The summed E-state index contributed by atoms with van der Waals surface area (Å²) in [6, 6.07) is 19.2. The molecule has 0 aliphatic heterocycles. The molecule has 6 heteroatoms. The summed E-state index contributed by atoms with van der Waals surface area (Å²) in [4.78, 5) is 26.6. The van der Waals surface area contributed by atoms with E-state index in [0.29, 0.717) is 0 Å². The maximum Gasteiger partial charge on any atom is 0.407 e. The van der Waals surface area contributed by atoms with Crippen molar-refractivity contribution in [3.63, 3.8) is 0 Å². The van der Waals surface area contributed by atoms with Gasteiger partial charge in [0.2, 0.25) is 5.91 Å². The molecule has 3 rings (SSSR count). The van der Waals surface area contributed by atoms with Crippen LogP contribution >= 0.6 is 0 Å². The van der Waals surface area contributed by atoms with Crippen LogP contribution in [0.25, 0.3) is 0 Å². The number of carbonyl (C=O) groups excluding carboxylic acids is 2. The van der Waals surface area contributed by atoms with Crippen molar-refractivity contribution >= 4 is 12.0 Å². The van der Waals surface area contributed by atoms with Gasteiger partial charge in [-0.2, -0.15) is 0 Å². The molecular weight excluding hydrogens is 390 g/mol. The number of carbonyl (C=O) groups is 2. The molecule has 0 saturated heterocycles. The first kappa shape index (κ1) is 22.4. The molecule has 6 nitrogen and oxygen atoms in total. The molecule has 31 heavy (non-hydrogen) atoms. The Balaban J connectivity index is 1.57. The van der Waals surface area contributed by atoms with Crippen LogP contribution in [0.4, 0.5) is 4.79 Å². The molecule has 2 aromatic rings. The summed E-state index contributed by atoms with van der Waals surface area (Å²) in [5, 5.41) is 5.64. The number of nitrogens with zero attached hydrogens (tertiary/aromatic N) is 1. The lowest BCUT2D eigenvalue weighted by Gasteiger charge is -2.27. The Bertz CT molecular complexity index is 914. The highest BCUT2D eigenvalue weighted by atomic mass is 16.5. The lowest BCUT2D eigenvalue weighted by molar-refractivity contribution is -0.121. The summed E-state index contributed by atoms with van der Waals surface area (Å²) in [5.41, 5.74) is 2.91. The first-order valence-electron chi connectivity index (χ1n) is 10.5. The Morgan fingerprint density at radius 2 is 1.74 bits per heavy atom. The number of rotatable bonds is 9. The zero-order chi connectivity index (χ0) is 22.4. The number of amides is 2. The second kappa shape index (κ2) is 9.69. The fourth-order valence-corrected chi connectivity index (χ4v) is 3.95. The molecule has 2 aromatic carbocycles. The Kier molecular flexibility index (Phi) is 7.00. The summed E-state index contributed by atoms with van der Waals surface area (Å²) < 4.78 is 5.17. The number of benzene rings is 2.